The minimum atomic E-state index is -5.39. The van der Waals surface area contributed by atoms with Crippen molar-refractivity contribution in [1.82, 2.24) is 5.32 Å². The maximum Gasteiger partial charge on any atom is 0.471 e. The molecule has 0 spiro atoms. The highest BCUT2D eigenvalue weighted by Gasteiger charge is 2.55. The lowest BCUT2D eigenvalue weighted by atomic mass is 9.91. The Morgan fingerprint density at radius 1 is 0.744 bits per heavy atom. The van der Waals surface area contributed by atoms with Crippen LogP contribution in [0.4, 0.5) is 13.2 Å². The molecule has 0 aliphatic carbocycles. The van der Waals surface area contributed by atoms with Gasteiger partial charge < -0.3 is 29.0 Å². The molecule has 0 aromatic rings. The molecule has 1 heterocycles. The van der Waals surface area contributed by atoms with Crippen LogP contribution in [0, 0.1) is 16.2 Å². The van der Waals surface area contributed by atoms with Crippen molar-refractivity contribution in [3.8, 4) is 0 Å². The third kappa shape index (κ3) is 9.36. The Hall–Kier alpha value is -2.90. The van der Waals surface area contributed by atoms with E-state index in [4.69, 9.17) is 18.9 Å². The fourth-order valence-electron chi connectivity index (χ4n) is 3.00. The highest BCUT2D eigenvalue weighted by Crippen LogP contribution is 2.32. The van der Waals surface area contributed by atoms with E-state index in [1.807, 2.05) is 0 Å². The minimum absolute atomic E-state index is 0.590. The number of amides is 1. The van der Waals surface area contributed by atoms with Crippen LogP contribution in [0.3, 0.4) is 0 Å². The minimum Gasteiger partial charge on any atom is -0.467 e. The van der Waals surface area contributed by atoms with Crippen LogP contribution in [0.2, 0.25) is 0 Å². The molecule has 0 radical (unpaired) electrons. The van der Waals surface area contributed by atoms with E-state index in [-0.39, 0.29) is 0 Å². The molecular formula is C25H38F3NO10. The predicted octanol–water partition coefficient (Wildman–Crippen LogP) is 2.48. The zero-order valence-electron chi connectivity index (χ0n) is 23.8. The number of alkyl halides is 3. The van der Waals surface area contributed by atoms with E-state index in [0.717, 1.165) is 7.11 Å². The Bertz CT molecular complexity index is 944. The second-order valence-electron chi connectivity index (χ2n) is 12.2. The highest BCUT2D eigenvalue weighted by atomic mass is 19.4. The van der Waals surface area contributed by atoms with Gasteiger partial charge >= 0.3 is 36.0 Å². The Morgan fingerprint density at radius 3 is 1.54 bits per heavy atom. The maximum atomic E-state index is 13.1. The lowest BCUT2D eigenvalue weighted by Gasteiger charge is -2.44. The number of carbonyl (C=O) groups excluding carboxylic acids is 5. The lowest BCUT2D eigenvalue weighted by Crippen LogP contribution is -2.66. The van der Waals surface area contributed by atoms with Crippen LogP contribution in [-0.2, 0) is 47.7 Å². The van der Waals surface area contributed by atoms with Gasteiger partial charge in [0, 0.05) is 0 Å². The number of methoxy groups -OCH3 is 1. The van der Waals surface area contributed by atoms with Gasteiger partial charge in [-0.15, -0.1) is 0 Å². The predicted molar refractivity (Wildman–Crippen MR) is 128 cm³/mol. The molecule has 1 fully saturated rings. The Kier molecular flexibility index (Phi) is 10.6. The van der Waals surface area contributed by atoms with Gasteiger partial charge in [0.2, 0.25) is 0 Å². The van der Waals surface area contributed by atoms with Gasteiger partial charge in [-0.2, -0.15) is 13.2 Å². The molecule has 0 aromatic carbocycles. The number of esters is 4. The summed E-state index contributed by atoms with van der Waals surface area (Å²) in [6, 6.07) is -2.16. The van der Waals surface area contributed by atoms with Crippen molar-refractivity contribution >= 4 is 29.8 Å². The van der Waals surface area contributed by atoms with Crippen LogP contribution in [0.1, 0.15) is 62.3 Å². The van der Waals surface area contributed by atoms with Crippen LogP contribution in [-0.4, -0.2) is 80.1 Å². The van der Waals surface area contributed by atoms with E-state index >= 15 is 0 Å². The number of hydrogen-bond acceptors (Lipinski definition) is 10. The summed E-state index contributed by atoms with van der Waals surface area (Å²) < 4.78 is 66.1. The summed E-state index contributed by atoms with van der Waals surface area (Å²) in [5.74, 6) is -6.35. The van der Waals surface area contributed by atoms with Crippen molar-refractivity contribution in [2.45, 2.75) is 98.9 Å². The van der Waals surface area contributed by atoms with Crippen molar-refractivity contribution < 1.29 is 60.8 Å². The van der Waals surface area contributed by atoms with Crippen LogP contribution >= 0.6 is 0 Å². The number of carbonyl (C=O) groups is 5. The fraction of sp³-hybridized carbons (Fsp3) is 0.800. The molecule has 1 aliphatic rings. The molecule has 39 heavy (non-hydrogen) atoms. The quantitative estimate of drug-likeness (QED) is 0.374. The first-order chi connectivity index (χ1) is 17.4. The first-order valence-corrected chi connectivity index (χ1v) is 12.1. The molecule has 0 saturated carbocycles. The Labute approximate surface area is 225 Å². The second-order valence-corrected chi connectivity index (χ2v) is 12.2. The van der Waals surface area contributed by atoms with E-state index in [2.05, 4.69) is 4.74 Å². The molecule has 0 bridgehead atoms. The third-order valence-electron chi connectivity index (χ3n) is 5.38. The molecule has 224 valence electrons. The van der Waals surface area contributed by atoms with Crippen LogP contribution in [0.15, 0.2) is 0 Å². The molecule has 0 aromatic heterocycles. The van der Waals surface area contributed by atoms with Crippen molar-refractivity contribution in [3.05, 3.63) is 0 Å². The largest absolute Gasteiger partial charge is 0.471 e. The molecule has 1 aliphatic heterocycles. The van der Waals surface area contributed by atoms with Crippen molar-refractivity contribution in [2.75, 3.05) is 13.7 Å². The average Bonchev–Trinajstić information content (AvgIpc) is 2.76. The topological polar surface area (TPSA) is 144 Å². The zero-order chi connectivity index (χ0) is 30.7. The number of halogens is 3. The molecule has 5 atom stereocenters. The van der Waals surface area contributed by atoms with Crippen molar-refractivity contribution in [1.29, 1.82) is 0 Å². The van der Waals surface area contributed by atoms with E-state index < -0.39 is 89.3 Å². The monoisotopic (exact) mass is 569 g/mol. The summed E-state index contributed by atoms with van der Waals surface area (Å²) in [6.07, 6.45) is -12.1. The Morgan fingerprint density at radius 2 is 1.15 bits per heavy atom. The molecule has 14 heteroatoms. The molecule has 0 unspecified atom stereocenters. The average molecular weight is 570 g/mol. The summed E-state index contributed by atoms with van der Waals surface area (Å²) in [4.78, 5) is 62.9. The SMILES string of the molecule is COC(=O)[C@@H](NC(=O)C(F)(F)F)[C@@H]1OC[C@H](OC(=O)C(C)(C)C)[C@H](OC(=O)C(C)(C)C)[C@H]1OC(=O)C(C)(C)C. The van der Waals surface area contributed by atoms with Gasteiger partial charge in [0.25, 0.3) is 0 Å². The van der Waals surface area contributed by atoms with Gasteiger partial charge in [-0.1, -0.05) is 0 Å². The summed E-state index contributed by atoms with van der Waals surface area (Å²) in [5.41, 5.74) is -3.31. The number of hydrogen-bond donors (Lipinski definition) is 1. The Balaban J connectivity index is 3.71. The van der Waals surface area contributed by atoms with Crippen molar-refractivity contribution in [2.24, 2.45) is 16.2 Å². The third-order valence-corrected chi connectivity index (χ3v) is 5.38. The van der Waals surface area contributed by atoms with Crippen molar-refractivity contribution in [3.63, 3.8) is 0 Å². The van der Waals surface area contributed by atoms with Crippen LogP contribution in [0.5, 0.6) is 0 Å². The fourth-order valence-corrected chi connectivity index (χ4v) is 3.00. The molecule has 1 amide bonds. The summed E-state index contributed by atoms with van der Waals surface area (Å²) in [7, 11) is 0.860. The highest BCUT2D eigenvalue weighted by molar-refractivity contribution is 5.88. The standard InChI is InChI=1S/C25H38F3NO10/c1-22(2,3)19(32)37-12-11-36-15(13(17(30)35-10)29-18(31)25(26,27)28)16(39-21(34)24(7,8)9)14(12)38-20(33)23(4,5)6/h12-16H,11H2,1-10H3,(H,29,31)/t12-,13-,14-,15-,16+/m0/s1. The molecule has 11 nitrogen and oxygen atoms in total. The molecular weight excluding hydrogens is 531 g/mol. The summed E-state index contributed by atoms with van der Waals surface area (Å²) in [5, 5.41) is 1.50. The van der Waals surface area contributed by atoms with Gasteiger partial charge in [0.15, 0.2) is 24.4 Å². The number of ether oxygens (including phenoxy) is 5. The normalized spacial score (nSPS) is 23.2. The van der Waals surface area contributed by atoms with Crippen LogP contribution < -0.4 is 5.32 Å². The van der Waals surface area contributed by atoms with Gasteiger partial charge in [-0.3, -0.25) is 19.2 Å². The summed E-state index contributed by atoms with van der Waals surface area (Å²) >= 11 is 0. The van der Waals surface area contributed by atoms with Gasteiger partial charge in [0.1, 0.15) is 6.10 Å². The molecule has 1 rings (SSSR count). The van der Waals surface area contributed by atoms with E-state index in [9.17, 15) is 37.1 Å². The number of rotatable bonds is 6. The lowest BCUT2D eigenvalue weighted by molar-refractivity contribution is -0.240. The first kappa shape index (κ1) is 34.1. The van der Waals surface area contributed by atoms with E-state index in [1.165, 1.54) is 46.9 Å². The first-order valence-electron chi connectivity index (χ1n) is 12.1. The molecule has 1 N–H and O–H groups in total. The van der Waals surface area contributed by atoms with Gasteiger partial charge in [-0.05, 0) is 62.3 Å². The van der Waals surface area contributed by atoms with E-state index in [1.54, 1.807) is 20.8 Å². The molecule has 1 saturated heterocycles. The smallest absolute Gasteiger partial charge is 0.467 e. The van der Waals surface area contributed by atoms with Gasteiger partial charge in [0.05, 0.1) is 30.0 Å². The van der Waals surface area contributed by atoms with E-state index in [0.29, 0.717) is 0 Å². The second kappa shape index (κ2) is 12.1. The number of nitrogens with one attached hydrogen (secondary N) is 1. The van der Waals surface area contributed by atoms with Crippen LogP contribution in [0.25, 0.3) is 0 Å². The van der Waals surface area contributed by atoms with Gasteiger partial charge in [-0.25, -0.2) is 4.79 Å². The summed E-state index contributed by atoms with van der Waals surface area (Å²) in [6.45, 7) is 13.0. The maximum absolute atomic E-state index is 13.1. The zero-order valence-corrected chi connectivity index (χ0v) is 23.8.